The number of hydrogen-bond donors (Lipinski definition) is 0. The van der Waals surface area contributed by atoms with Crippen molar-refractivity contribution >= 4 is 0 Å². The highest BCUT2D eigenvalue weighted by molar-refractivity contribution is 4.96. The Balaban J connectivity index is 5.01. The molecule has 0 radical (unpaired) electrons. The SMILES string of the molecule is C#CC(CCC)CC(C)(CCC(C)(C)OOC(C)(C)C)OOC(C)(C)C. The predicted octanol–water partition coefficient (Wildman–Crippen LogP) is 6.24. The Morgan fingerprint density at radius 3 is 1.69 bits per heavy atom. The molecule has 4 nitrogen and oxygen atoms in total. The van der Waals surface area contributed by atoms with Gasteiger partial charge in [-0.05, 0) is 88.0 Å². The number of rotatable bonds is 11. The van der Waals surface area contributed by atoms with Crippen LogP contribution < -0.4 is 0 Å². The van der Waals surface area contributed by atoms with Crippen molar-refractivity contribution in [1.82, 2.24) is 0 Å². The molecule has 0 aliphatic rings. The molecule has 4 heteroatoms. The van der Waals surface area contributed by atoms with Gasteiger partial charge in [-0.25, -0.2) is 19.6 Å². The van der Waals surface area contributed by atoms with E-state index >= 15 is 0 Å². The molecule has 0 aliphatic heterocycles. The van der Waals surface area contributed by atoms with Gasteiger partial charge in [-0.15, -0.1) is 12.3 Å². The predicted molar refractivity (Wildman–Crippen MR) is 107 cm³/mol. The Morgan fingerprint density at radius 2 is 1.27 bits per heavy atom. The maximum Gasteiger partial charge on any atom is 0.102 e. The molecule has 0 N–H and O–H groups in total. The molecule has 0 saturated carbocycles. The van der Waals surface area contributed by atoms with Gasteiger partial charge in [-0.2, -0.15) is 0 Å². The largest absolute Gasteiger partial charge is 0.230 e. The van der Waals surface area contributed by atoms with E-state index in [1.807, 2.05) is 55.4 Å². The van der Waals surface area contributed by atoms with Gasteiger partial charge in [0.05, 0.1) is 16.8 Å². The number of terminal acetylenes is 1. The van der Waals surface area contributed by atoms with Crippen LogP contribution in [0.3, 0.4) is 0 Å². The van der Waals surface area contributed by atoms with E-state index in [-0.39, 0.29) is 17.1 Å². The van der Waals surface area contributed by atoms with Crippen LogP contribution in [-0.2, 0) is 19.6 Å². The molecule has 154 valence electrons. The molecule has 0 bridgehead atoms. The monoisotopic (exact) mass is 370 g/mol. The van der Waals surface area contributed by atoms with Crippen LogP contribution in [0.2, 0.25) is 0 Å². The Hall–Kier alpha value is -0.600. The van der Waals surface area contributed by atoms with Gasteiger partial charge in [-0.1, -0.05) is 13.3 Å². The fourth-order valence-electron chi connectivity index (χ4n) is 2.36. The van der Waals surface area contributed by atoms with Crippen molar-refractivity contribution in [2.24, 2.45) is 5.92 Å². The molecular formula is C22H42O4. The van der Waals surface area contributed by atoms with Crippen molar-refractivity contribution in [3.05, 3.63) is 0 Å². The second-order valence-corrected chi connectivity index (χ2v) is 10.1. The summed E-state index contributed by atoms with van der Waals surface area (Å²) in [6, 6.07) is 0. The lowest BCUT2D eigenvalue weighted by molar-refractivity contribution is -0.413. The van der Waals surface area contributed by atoms with Crippen LogP contribution in [0.15, 0.2) is 0 Å². The van der Waals surface area contributed by atoms with Crippen molar-refractivity contribution in [3.8, 4) is 12.3 Å². The van der Waals surface area contributed by atoms with Crippen LogP contribution in [-0.4, -0.2) is 22.4 Å². The molecule has 0 heterocycles. The van der Waals surface area contributed by atoms with E-state index < -0.39 is 11.2 Å². The third kappa shape index (κ3) is 12.7. The van der Waals surface area contributed by atoms with Gasteiger partial charge < -0.3 is 0 Å². The van der Waals surface area contributed by atoms with Gasteiger partial charge in [0.2, 0.25) is 0 Å². The molecule has 0 aromatic rings. The van der Waals surface area contributed by atoms with Gasteiger partial charge in [0.15, 0.2) is 0 Å². The zero-order valence-corrected chi connectivity index (χ0v) is 18.8. The molecule has 0 amide bonds. The molecule has 0 rings (SSSR count). The quantitative estimate of drug-likeness (QED) is 0.245. The van der Waals surface area contributed by atoms with Crippen LogP contribution >= 0.6 is 0 Å². The average molecular weight is 371 g/mol. The van der Waals surface area contributed by atoms with E-state index in [9.17, 15) is 0 Å². The Morgan fingerprint density at radius 1 is 0.769 bits per heavy atom. The second-order valence-electron chi connectivity index (χ2n) is 10.1. The van der Waals surface area contributed by atoms with E-state index in [1.54, 1.807) is 0 Å². The Labute approximate surface area is 162 Å². The first-order valence-electron chi connectivity index (χ1n) is 9.81. The molecule has 0 spiro atoms. The van der Waals surface area contributed by atoms with Crippen molar-refractivity contribution in [1.29, 1.82) is 0 Å². The maximum absolute atomic E-state index is 5.92. The summed E-state index contributed by atoms with van der Waals surface area (Å²) in [7, 11) is 0. The van der Waals surface area contributed by atoms with E-state index in [1.165, 1.54) is 0 Å². The zero-order valence-electron chi connectivity index (χ0n) is 18.8. The second kappa shape index (κ2) is 10.1. The van der Waals surface area contributed by atoms with Crippen LogP contribution in [0, 0.1) is 18.3 Å². The fourth-order valence-corrected chi connectivity index (χ4v) is 2.36. The molecule has 0 aromatic heterocycles. The highest BCUT2D eigenvalue weighted by Crippen LogP contribution is 2.33. The minimum atomic E-state index is -0.484. The van der Waals surface area contributed by atoms with Crippen molar-refractivity contribution in [3.63, 3.8) is 0 Å². The Bertz CT molecular complexity index is 437. The molecule has 2 unspecified atom stereocenters. The van der Waals surface area contributed by atoms with E-state index in [0.29, 0.717) is 0 Å². The van der Waals surface area contributed by atoms with E-state index in [0.717, 1.165) is 32.1 Å². The first-order valence-corrected chi connectivity index (χ1v) is 9.81. The normalized spacial score (nSPS) is 16.8. The fraction of sp³-hybridized carbons (Fsp3) is 0.909. The lowest BCUT2D eigenvalue weighted by Crippen LogP contribution is -2.38. The summed E-state index contributed by atoms with van der Waals surface area (Å²) < 4.78 is 0. The zero-order chi connectivity index (χ0) is 20.6. The molecule has 0 aliphatic carbocycles. The first-order chi connectivity index (χ1) is 11.6. The topological polar surface area (TPSA) is 36.9 Å². The molecule has 0 saturated heterocycles. The number of hydrogen-bond acceptors (Lipinski definition) is 4. The third-order valence-corrected chi connectivity index (χ3v) is 3.82. The molecule has 0 aromatic carbocycles. The lowest BCUT2D eigenvalue weighted by atomic mass is 9.84. The van der Waals surface area contributed by atoms with E-state index in [4.69, 9.17) is 26.0 Å². The highest BCUT2D eigenvalue weighted by atomic mass is 17.2. The Kier molecular flexibility index (Phi) is 9.85. The van der Waals surface area contributed by atoms with Crippen LogP contribution in [0.4, 0.5) is 0 Å². The molecule has 0 fully saturated rings. The summed E-state index contributed by atoms with van der Waals surface area (Å²) in [5, 5.41) is 0. The van der Waals surface area contributed by atoms with Gasteiger partial charge in [0.25, 0.3) is 0 Å². The van der Waals surface area contributed by atoms with Gasteiger partial charge in [-0.3, -0.25) is 0 Å². The standard InChI is InChI=1S/C22H42O4/c1-12-14-18(13-2)17-22(11,26-24-20(6,7)8)16-15-21(9,10)25-23-19(3,4)5/h2,18H,12,14-17H2,1,3-11H3. The maximum atomic E-state index is 5.92. The summed E-state index contributed by atoms with van der Waals surface area (Å²) >= 11 is 0. The van der Waals surface area contributed by atoms with Crippen molar-refractivity contribution in [2.45, 2.75) is 124 Å². The molecular weight excluding hydrogens is 328 g/mol. The van der Waals surface area contributed by atoms with E-state index in [2.05, 4.69) is 19.8 Å². The van der Waals surface area contributed by atoms with Crippen LogP contribution in [0.5, 0.6) is 0 Å². The smallest absolute Gasteiger partial charge is 0.102 e. The summed E-state index contributed by atoms with van der Waals surface area (Å²) in [6.07, 6.45) is 10.0. The summed E-state index contributed by atoms with van der Waals surface area (Å²) in [6.45, 7) is 20.1. The molecule has 2 atom stereocenters. The molecule has 26 heavy (non-hydrogen) atoms. The summed E-state index contributed by atoms with van der Waals surface area (Å²) in [5.74, 6) is 3.08. The average Bonchev–Trinajstić information content (AvgIpc) is 2.48. The summed E-state index contributed by atoms with van der Waals surface area (Å²) in [4.78, 5) is 22.8. The lowest BCUT2D eigenvalue weighted by Gasteiger charge is -2.36. The summed E-state index contributed by atoms with van der Waals surface area (Å²) in [5.41, 5.74) is -1.64. The first kappa shape index (κ1) is 25.4. The third-order valence-electron chi connectivity index (χ3n) is 3.82. The van der Waals surface area contributed by atoms with Crippen LogP contribution in [0.1, 0.15) is 101 Å². The van der Waals surface area contributed by atoms with Crippen LogP contribution in [0.25, 0.3) is 0 Å². The van der Waals surface area contributed by atoms with Crippen molar-refractivity contribution in [2.75, 3.05) is 0 Å². The van der Waals surface area contributed by atoms with Gasteiger partial charge >= 0.3 is 0 Å². The van der Waals surface area contributed by atoms with Gasteiger partial charge in [0.1, 0.15) is 5.60 Å². The van der Waals surface area contributed by atoms with Gasteiger partial charge in [0, 0.05) is 5.92 Å². The highest BCUT2D eigenvalue weighted by Gasteiger charge is 2.35. The van der Waals surface area contributed by atoms with Crippen molar-refractivity contribution < 1.29 is 19.6 Å². The minimum Gasteiger partial charge on any atom is -0.230 e. The minimum absolute atomic E-state index is 0.170.